The predicted octanol–water partition coefficient (Wildman–Crippen LogP) is 4.00. The van der Waals surface area contributed by atoms with Gasteiger partial charge in [0.15, 0.2) is 0 Å². The van der Waals surface area contributed by atoms with Gasteiger partial charge in [0.25, 0.3) is 0 Å². The van der Waals surface area contributed by atoms with Gasteiger partial charge >= 0.3 is 5.69 Å². The number of aromatic nitrogens is 2. The summed E-state index contributed by atoms with van der Waals surface area (Å²) in [5, 5.41) is 23.7. The standard InChI is InChI=1S/C18H14N4O3/c23-18-14(5-2-11-20-18)9-8-13-4-1-6-15(12-13)21-17-16(22(24)25)7-3-10-19-17/h1-12H,(H,19,21)(H,20,23)/b9-8+. The third-order valence-corrected chi connectivity index (χ3v) is 3.40. The quantitative estimate of drug-likeness (QED) is 0.540. The van der Waals surface area contributed by atoms with Gasteiger partial charge in [-0.05, 0) is 42.0 Å². The second-order valence-corrected chi connectivity index (χ2v) is 5.13. The van der Waals surface area contributed by atoms with Crippen LogP contribution < -0.4 is 5.32 Å². The molecule has 0 atom stereocenters. The van der Waals surface area contributed by atoms with E-state index in [4.69, 9.17) is 0 Å². The van der Waals surface area contributed by atoms with Crippen LogP contribution in [-0.4, -0.2) is 20.0 Å². The van der Waals surface area contributed by atoms with Crippen LogP contribution in [0.5, 0.6) is 5.88 Å². The Morgan fingerprint density at radius 3 is 2.64 bits per heavy atom. The van der Waals surface area contributed by atoms with Gasteiger partial charge in [0.05, 0.1) is 4.92 Å². The Balaban J connectivity index is 1.83. The van der Waals surface area contributed by atoms with Gasteiger partial charge in [-0.25, -0.2) is 9.97 Å². The van der Waals surface area contributed by atoms with E-state index in [0.29, 0.717) is 11.3 Å². The number of hydrogen-bond acceptors (Lipinski definition) is 6. The van der Waals surface area contributed by atoms with Crippen molar-refractivity contribution in [2.75, 3.05) is 5.32 Å². The largest absolute Gasteiger partial charge is 0.493 e. The summed E-state index contributed by atoms with van der Waals surface area (Å²) in [6, 6.07) is 13.7. The van der Waals surface area contributed by atoms with Crippen LogP contribution in [-0.2, 0) is 0 Å². The van der Waals surface area contributed by atoms with E-state index < -0.39 is 4.92 Å². The van der Waals surface area contributed by atoms with Gasteiger partial charge in [-0.15, -0.1) is 0 Å². The summed E-state index contributed by atoms with van der Waals surface area (Å²) < 4.78 is 0. The molecule has 0 amide bonds. The lowest BCUT2D eigenvalue weighted by atomic mass is 10.1. The summed E-state index contributed by atoms with van der Waals surface area (Å²) in [4.78, 5) is 18.4. The Labute approximate surface area is 143 Å². The molecule has 0 unspecified atom stereocenters. The summed E-state index contributed by atoms with van der Waals surface area (Å²) in [6.45, 7) is 0. The third kappa shape index (κ3) is 3.97. The molecule has 1 aromatic carbocycles. The van der Waals surface area contributed by atoms with Gasteiger partial charge in [-0.2, -0.15) is 0 Å². The van der Waals surface area contributed by atoms with Crippen molar-refractivity contribution in [3.8, 4) is 5.88 Å². The molecule has 2 aromatic heterocycles. The molecular formula is C18H14N4O3. The summed E-state index contributed by atoms with van der Waals surface area (Å²) >= 11 is 0. The van der Waals surface area contributed by atoms with Crippen LogP contribution in [0.15, 0.2) is 60.9 Å². The fourth-order valence-electron chi connectivity index (χ4n) is 2.22. The lowest BCUT2D eigenvalue weighted by Gasteiger charge is -2.06. The molecule has 0 aliphatic heterocycles. The van der Waals surface area contributed by atoms with Gasteiger partial charge < -0.3 is 10.4 Å². The summed E-state index contributed by atoms with van der Waals surface area (Å²) in [6.07, 6.45) is 6.56. The maximum absolute atomic E-state index is 11.1. The van der Waals surface area contributed by atoms with Crippen LogP contribution in [0.4, 0.5) is 17.2 Å². The molecule has 0 saturated carbocycles. The van der Waals surface area contributed by atoms with E-state index in [0.717, 1.165) is 5.56 Å². The molecule has 25 heavy (non-hydrogen) atoms. The Kier molecular flexibility index (Phi) is 4.66. The van der Waals surface area contributed by atoms with E-state index in [1.165, 1.54) is 24.5 Å². The van der Waals surface area contributed by atoms with Crippen molar-refractivity contribution >= 4 is 29.3 Å². The highest BCUT2D eigenvalue weighted by atomic mass is 16.6. The minimum absolute atomic E-state index is 0.0443. The first-order chi connectivity index (χ1) is 12.1. The third-order valence-electron chi connectivity index (χ3n) is 3.40. The summed E-state index contributed by atoms with van der Waals surface area (Å²) in [5.74, 6) is 0.135. The zero-order chi connectivity index (χ0) is 17.6. The zero-order valence-electron chi connectivity index (χ0n) is 13.0. The van der Waals surface area contributed by atoms with E-state index in [1.807, 2.05) is 24.3 Å². The van der Waals surface area contributed by atoms with E-state index >= 15 is 0 Å². The van der Waals surface area contributed by atoms with Crippen LogP contribution in [0.2, 0.25) is 0 Å². The molecule has 7 nitrogen and oxygen atoms in total. The van der Waals surface area contributed by atoms with Crippen molar-refractivity contribution in [3.05, 3.63) is 82.2 Å². The van der Waals surface area contributed by atoms with Crippen LogP contribution in [0.3, 0.4) is 0 Å². The van der Waals surface area contributed by atoms with Gasteiger partial charge in [-0.1, -0.05) is 18.2 Å². The van der Waals surface area contributed by atoms with Gasteiger partial charge in [0, 0.05) is 29.7 Å². The Bertz CT molecular complexity index is 941. The molecule has 3 aromatic rings. The molecule has 0 fully saturated rings. The number of nitrogens with one attached hydrogen (secondary N) is 1. The highest BCUT2D eigenvalue weighted by molar-refractivity contribution is 5.74. The Hall–Kier alpha value is -3.74. The van der Waals surface area contributed by atoms with Crippen LogP contribution in [0.25, 0.3) is 12.2 Å². The second-order valence-electron chi connectivity index (χ2n) is 5.13. The SMILES string of the molecule is O=[N+]([O-])c1cccnc1Nc1cccc(/C=C/c2cccnc2O)c1. The van der Waals surface area contributed by atoms with Crippen LogP contribution >= 0.6 is 0 Å². The molecule has 3 rings (SSSR count). The van der Waals surface area contributed by atoms with Crippen molar-refractivity contribution in [3.63, 3.8) is 0 Å². The smallest absolute Gasteiger partial charge is 0.311 e. The maximum atomic E-state index is 11.1. The molecule has 0 aliphatic carbocycles. The summed E-state index contributed by atoms with van der Waals surface area (Å²) in [5.41, 5.74) is 2.02. The second kappa shape index (κ2) is 7.22. The monoisotopic (exact) mass is 334 g/mol. The maximum Gasteiger partial charge on any atom is 0.311 e. The Morgan fingerprint density at radius 1 is 1.04 bits per heavy atom. The molecular weight excluding hydrogens is 320 g/mol. The number of nitro groups is 1. The predicted molar refractivity (Wildman–Crippen MR) is 95.4 cm³/mol. The minimum Gasteiger partial charge on any atom is -0.493 e. The number of hydrogen-bond donors (Lipinski definition) is 2. The fraction of sp³-hybridized carbons (Fsp3) is 0. The molecule has 7 heteroatoms. The highest BCUT2D eigenvalue weighted by Gasteiger charge is 2.13. The van der Waals surface area contributed by atoms with Crippen molar-refractivity contribution in [2.45, 2.75) is 0 Å². The lowest BCUT2D eigenvalue weighted by Crippen LogP contribution is -1.99. The van der Waals surface area contributed by atoms with Crippen molar-refractivity contribution in [2.24, 2.45) is 0 Å². The van der Waals surface area contributed by atoms with Crippen LogP contribution in [0, 0.1) is 10.1 Å². The van der Waals surface area contributed by atoms with Gasteiger partial charge in [-0.3, -0.25) is 10.1 Å². The first-order valence-electron chi connectivity index (χ1n) is 7.42. The topological polar surface area (TPSA) is 101 Å². The first kappa shape index (κ1) is 16.1. The number of rotatable bonds is 5. The average molecular weight is 334 g/mol. The van der Waals surface area contributed by atoms with E-state index in [1.54, 1.807) is 24.3 Å². The molecule has 0 spiro atoms. The molecule has 2 heterocycles. The van der Waals surface area contributed by atoms with E-state index in [2.05, 4.69) is 15.3 Å². The zero-order valence-corrected chi connectivity index (χ0v) is 13.0. The fourth-order valence-corrected chi connectivity index (χ4v) is 2.22. The number of aromatic hydroxyl groups is 1. The first-order valence-corrected chi connectivity index (χ1v) is 7.42. The molecule has 0 saturated heterocycles. The molecule has 2 N–H and O–H groups in total. The van der Waals surface area contributed by atoms with Crippen molar-refractivity contribution < 1.29 is 10.0 Å². The molecule has 124 valence electrons. The molecule has 0 aliphatic rings. The Morgan fingerprint density at radius 2 is 1.84 bits per heavy atom. The van der Waals surface area contributed by atoms with E-state index in [-0.39, 0.29) is 17.4 Å². The van der Waals surface area contributed by atoms with E-state index in [9.17, 15) is 15.2 Å². The molecule has 0 bridgehead atoms. The minimum atomic E-state index is -0.482. The van der Waals surface area contributed by atoms with Gasteiger partial charge in [0.1, 0.15) is 0 Å². The number of nitrogens with zero attached hydrogens (tertiary/aromatic N) is 3. The normalized spacial score (nSPS) is 10.7. The number of anilines is 2. The highest BCUT2D eigenvalue weighted by Crippen LogP contribution is 2.25. The van der Waals surface area contributed by atoms with Crippen molar-refractivity contribution in [1.82, 2.24) is 9.97 Å². The number of benzene rings is 1. The van der Waals surface area contributed by atoms with Crippen molar-refractivity contribution in [1.29, 1.82) is 0 Å². The van der Waals surface area contributed by atoms with Gasteiger partial charge in [0.2, 0.25) is 11.7 Å². The lowest BCUT2D eigenvalue weighted by molar-refractivity contribution is -0.384. The van der Waals surface area contributed by atoms with Crippen LogP contribution in [0.1, 0.15) is 11.1 Å². The summed E-state index contributed by atoms with van der Waals surface area (Å²) in [7, 11) is 0. The number of pyridine rings is 2. The molecule has 0 radical (unpaired) electrons. The average Bonchev–Trinajstić information content (AvgIpc) is 2.62.